The summed E-state index contributed by atoms with van der Waals surface area (Å²) >= 11 is 1.54. The van der Waals surface area contributed by atoms with Gasteiger partial charge < -0.3 is 15.8 Å². The number of aromatic nitrogens is 1. The van der Waals surface area contributed by atoms with Gasteiger partial charge in [-0.3, -0.25) is 4.79 Å². The molecular formula is C10H16N4O2S. The number of aryl methyl sites for hydroxylation is 1. The lowest BCUT2D eigenvalue weighted by atomic mass is 10.1. The molecule has 0 aliphatic carbocycles. The number of nitrogens with zero attached hydrogens (tertiary/aromatic N) is 3. The number of amides is 1. The summed E-state index contributed by atoms with van der Waals surface area (Å²) in [6.07, 6.45) is 0. The Labute approximate surface area is 104 Å². The van der Waals surface area contributed by atoms with Crippen LogP contribution in [0.4, 0.5) is 0 Å². The first kappa shape index (κ1) is 13.4. The van der Waals surface area contributed by atoms with Gasteiger partial charge in [0.2, 0.25) is 5.91 Å². The lowest BCUT2D eigenvalue weighted by Gasteiger charge is -2.19. The maximum atomic E-state index is 11.9. The van der Waals surface area contributed by atoms with Gasteiger partial charge in [0.05, 0.1) is 23.2 Å². The third-order valence-corrected chi connectivity index (χ3v) is 3.19. The molecule has 3 N–H and O–H groups in total. The molecule has 0 aromatic carbocycles. The van der Waals surface area contributed by atoms with Gasteiger partial charge in [0.15, 0.2) is 5.84 Å². The van der Waals surface area contributed by atoms with Crippen molar-refractivity contribution in [2.45, 2.75) is 20.4 Å². The van der Waals surface area contributed by atoms with E-state index in [2.05, 4.69) is 10.1 Å². The van der Waals surface area contributed by atoms with Gasteiger partial charge in [-0.15, -0.1) is 11.3 Å². The van der Waals surface area contributed by atoms with E-state index < -0.39 is 5.92 Å². The molecule has 1 unspecified atom stereocenters. The number of thiazole rings is 1. The first-order chi connectivity index (χ1) is 7.95. The van der Waals surface area contributed by atoms with Crippen molar-refractivity contribution in [2.24, 2.45) is 16.8 Å². The van der Waals surface area contributed by atoms with E-state index >= 15 is 0 Å². The number of hydrogen-bond acceptors (Lipinski definition) is 5. The maximum absolute atomic E-state index is 11.9. The highest BCUT2D eigenvalue weighted by atomic mass is 32.1. The normalized spacial score (nSPS) is 13.5. The third kappa shape index (κ3) is 3.42. The molecule has 6 nitrogen and oxygen atoms in total. The van der Waals surface area contributed by atoms with Crippen LogP contribution in [-0.2, 0) is 11.3 Å². The number of rotatable bonds is 4. The zero-order valence-electron chi connectivity index (χ0n) is 10.0. The standard InChI is InChI=1S/C10H16N4O2S/c1-6(9(11)13-16)10(15)14(3)4-8-5-17-7(2)12-8/h5-6,16H,4H2,1-3H3,(H2,11,13). The molecule has 0 aliphatic rings. The summed E-state index contributed by atoms with van der Waals surface area (Å²) in [5.74, 6) is -0.924. The minimum absolute atomic E-state index is 0.0868. The topological polar surface area (TPSA) is 91.8 Å². The van der Waals surface area contributed by atoms with Gasteiger partial charge >= 0.3 is 0 Å². The van der Waals surface area contributed by atoms with E-state index in [1.165, 1.54) is 16.2 Å². The third-order valence-electron chi connectivity index (χ3n) is 2.37. The average molecular weight is 256 g/mol. The smallest absolute Gasteiger partial charge is 0.233 e. The summed E-state index contributed by atoms with van der Waals surface area (Å²) in [7, 11) is 1.66. The largest absolute Gasteiger partial charge is 0.409 e. The van der Waals surface area contributed by atoms with Crippen molar-refractivity contribution in [1.82, 2.24) is 9.88 Å². The zero-order chi connectivity index (χ0) is 13.0. The molecule has 1 rings (SSSR count). The summed E-state index contributed by atoms with van der Waals surface area (Å²) < 4.78 is 0. The van der Waals surface area contributed by atoms with Crippen molar-refractivity contribution in [3.05, 3.63) is 16.1 Å². The Hall–Kier alpha value is -1.63. The second-order valence-electron chi connectivity index (χ2n) is 3.80. The molecule has 1 heterocycles. The highest BCUT2D eigenvalue weighted by Gasteiger charge is 2.21. The van der Waals surface area contributed by atoms with Crippen LogP contribution < -0.4 is 5.73 Å². The van der Waals surface area contributed by atoms with Crippen LogP contribution in [0, 0.1) is 12.8 Å². The molecule has 1 atom stereocenters. The van der Waals surface area contributed by atoms with E-state index in [9.17, 15) is 4.79 Å². The summed E-state index contributed by atoms with van der Waals surface area (Å²) in [5.41, 5.74) is 6.23. The highest BCUT2D eigenvalue weighted by molar-refractivity contribution is 7.09. The molecule has 1 amide bonds. The molecule has 0 saturated carbocycles. The molecule has 0 fully saturated rings. The monoisotopic (exact) mass is 256 g/mol. The first-order valence-corrected chi connectivity index (χ1v) is 5.97. The molecular weight excluding hydrogens is 240 g/mol. The van der Waals surface area contributed by atoms with Crippen LogP contribution in [-0.4, -0.2) is 33.9 Å². The van der Waals surface area contributed by atoms with E-state index in [4.69, 9.17) is 10.9 Å². The number of carbonyl (C=O) groups is 1. The second kappa shape index (κ2) is 5.62. The van der Waals surface area contributed by atoms with Crippen molar-refractivity contribution in [1.29, 1.82) is 0 Å². The number of nitrogens with two attached hydrogens (primary N) is 1. The Bertz CT molecular complexity index is 430. The van der Waals surface area contributed by atoms with Gasteiger partial charge in [-0.05, 0) is 13.8 Å². The predicted molar refractivity (Wildman–Crippen MR) is 65.9 cm³/mol. The Morgan fingerprint density at radius 1 is 1.76 bits per heavy atom. The molecule has 7 heteroatoms. The van der Waals surface area contributed by atoms with E-state index in [1.807, 2.05) is 12.3 Å². The van der Waals surface area contributed by atoms with Crippen molar-refractivity contribution < 1.29 is 10.0 Å². The van der Waals surface area contributed by atoms with Gasteiger partial charge in [-0.25, -0.2) is 4.98 Å². The van der Waals surface area contributed by atoms with Crippen LogP contribution >= 0.6 is 11.3 Å². The fourth-order valence-electron chi connectivity index (χ4n) is 1.35. The Morgan fingerprint density at radius 2 is 2.41 bits per heavy atom. The van der Waals surface area contributed by atoms with Crippen molar-refractivity contribution in [3.63, 3.8) is 0 Å². The van der Waals surface area contributed by atoms with E-state index in [-0.39, 0.29) is 11.7 Å². The molecule has 0 radical (unpaired) electrons. The molecule has 0 saturated heterocycles. The maximum Gasteiger partial charge on any atom is 0.233 e. The Kier molecular flexibility index (Phi) is 4.45. The van der Waals surface area contributed by atoms with Crippen LogP contribution in [0.2, 0.25) is 0 Å². The SMILES string of the molecule is Cc1nc(CN(C)C(=O)C(C)C(N)=NO)cs1. The van der Waals surface area contributed by atoms with E-state index in [0.717, 1.165) is 10.7 Å². The number of oxime groups is 1. The molecule has 1 aromatic heterocycles. The molecule has 0 aliphatic heterocycles. The lowest BCUT2D eigenvalue weighted by molar-refractivity contribution is -0.132. The summed E-state index contributed by atoms with van der Waals surface area (Å²) in [5, 5.41) is 14.2. The van der Waals surface area contributed by atoms with Crippen molar-refractivity contribution in [3.8, 4) is 0 Å². The van der Waals surface area contributed by atoms with Crippen molar-refractivity contribution in [2.75, 3.05) is 7.05 Å². The van der Waals surface area contributed by atoms with Gasteiger partial charge in [0.1, 0.15) is 0 Å². The zero-order valence-corrected chi connectivity index (χ0v) is 10.9. The van der Waals surface area contributed by atoms with Crippen LogP contribution in [0.15, 0.2) is 10.5 Å². The highest BCUT2D eigenvalue weighted by Crippen LogP contribution is 2.11. The number of hydrogen-bond donors (Lipinski definition) is 2. The Balaban J connectivity index is 2.64. The first-order valence-electron chi connectivity index (χ1n) is 5.09. The van der Waals surface area contributed by atoms with Crippen LogP contribution in [0.25, 0.3) is 0 Å². The molecule has 1 aromatic rings. The predicted octanol–water partition coefficient (Wildman–Crippen LogP) is 0.792. The van der Waals surface area contributed by atoms with Gasteiger partial charge in [0, 0.05) is 12.4 Å². The molecule has 94 valence electrons. The quantitative estimate of drug-likeness (QED) is 0.360. The van der Waals surface area contributed by atoms with E-state index in [0.29, 0.717) is 6.54 Å². The van der Waals surface area contributed by atoms with E-state index in [1.54, 1.807) is 14.0 Å². The molecule has 0 bridgehead atoms. The summed E-state index contributed by atoms with van der Waals surface area (Å²) in [4.78, 5) is 17.7. The van der Waals surface area contributed by atoms with Crippen LogP contribution in [0.5, 0.6) is 0 Å². The fourth-order valence-corrected chi connectivity index (χ4v) is 1.95. The molecule has 0 spiro atoms. The fraction of sp³-hybridized carbons (Fsp3) is 0.500. The van der Waals surface area contributed by atoms with Crippen molar-refractivity contribution >= 4 is 23.1 Å². The van der Waals surface area contributed by atoms with Gasteiger partial charge in [0.25, 0.3) is 0 Å². The van der Waals surface area contributed by atoms with Gasteiger partial charge in [-0.2, -0.15) is 0 Å². The average Bonchev–Trinajstić information content (AvgIpc) is 2.71. The Morgan fingerprint density at radius 3 is 2.88 bits per heavy atom. The lowest BCUT2D eigenvalue weighted by Crippen LogP contribution is -2.38. The summed E-state index contributed by atoms with van der Waals surface area (Å²) in [6.45, 7) is 3.93. The minimum Gasteiger partial charge on any atom is -0.409 e. The minimum atomic E-state index is -0.635. The van der Waals surface area contributed by atoms with Gasteiger partial charge in [-0.1, -0.05) is 5.16 Å². The summed E-state index contributed by atoms with van der Waals surface area (Å²) in [6, 6.07) is 0. The van der Waals surface area contributed by atoms with Crippen LogP contribution in [0.1, 0.15) is 17.6 Å². The van der Waals surface area contributed by atoms with Crippen LogP contribution in [0.3, 0.4) is 0 Å². The number of amidine groups is 1. The molecule has 17 heavy (non-hydrogen) atoms. The number of carbonyl (C=O) groups excluding carboxylic acids is 1. The second-order valence-corrected chi connectivity index (χ2v) is 4.86.